The van der Waals surface area contributed by atoms with E-state index in [1.165, 1.54) is 29.5 Å². The lowest BCUT2D eigenvalue weighted by molar-refractivity contribution is 0.624. The predicted molar refractivity (Wildman–Crippen MR) is 69.0 cm³/mol. The largest absolute Gasteiger partial charge is 0.320 e. The van der Waals surface area contributed by atoms with Crippen molar-refractivity contribution < 1.29 is 4.39 Å². The molecule has 0 aliphatic carbocycles. The zero-order valence-corrected chi connectivity index (χ0v) is 10.6. The summed E-state index contributed by atoms with van der Waals surface area (Å²) in [7, 11) is 0. The van der Waals surface area contributed by atoms with E-state index in [0.29, 0.717) is 10.6 Å². The second kappa shape index (κ2) is 5.64. The first-order valence-corrected chi connectivity index (χ1v) is 5.68. The van der Waals surface area contributed by atoms with Crippen LogP contribution in [-0.2, 0) is 0 Å². The maximum atomic E-state index is 13.0. The van der Waals surface area contributed by atoms with E-state index < -0.39 is 0 Å². The van der Waals surface area contributed by atoms with Gasteiger partial charge < -0.3 is 5.73 Å². The first-order chi connectivity index (χ1) is 7.18. The SMILES string of the molecule is Cl.N[C@H](c1cccs1)c1cc(F)ccc1Cl. The molecule has 0 fully saturated rings. The Hall–Kier alpha value is -0.610. The van der Waals surface area contributed by atoms with Gasteiger partial charge in [0.15, 0.2) is 0 Å². The molecule has 1 nitrogen and oxygen atoms in total. The lowest BCUT2D eigenvalue weighted by atomic mass is 10.1. The first-order valence-electron chi connectivity index (χ1n) is 4.42. The Kier molecular flexibility index (Phi) is 4.74. The van der Waals surface area contributed by atoms with Gasteiger partial charge in [0.1, 0.15) is 5.82 Å². The number of hydrogen-bond donors (Lipinski definition) is 1. The second-order valence-corrected chi connectivity index (χ2v) is 4.55. The van der Waals surface area contributed by atoms with Crippen LogP contribution in [0.1, 0.15) is 16.5 Å². The lowest BCUT2D eigenvalue weighted by Crippen LogP contribution is -2.11. The van der Waals surface area contributed by atoms with E-state index in [4.69, 9.17) is 17.3 Å². The normalized spacial score (nSPS) is 11.9. The minimum Gasteiger partial charge on any atom is -0.320 e. The van der Waals surface area contributed by atoms with Gasteiger partial charge in [-0.25, -0.2) is 4.39 Å². The minimum absolute atomic E-state index is 0. The van der Waals surface area contributed by atoms with Crippen LogP contribution in [0.2, 0.25) is 5.02 Å². The van der Waals surface area contributed by atoms with Crippen LogP contribution in [0, 0.1) is 5.82 Å². The van der Waals surface area contributed by atoms with Gasteiger partial charge in [0.05, 0.1) is 6.04 Å². The lowest BCUT2D eigenvalue weighted by Gasteiger charge is -2.11. The van der Waals surface area contributed by atoms with Crippen molar-refractivity contribution in [3.63, 3.8) is 0 Å². The molecule has 2 rings (SSSR count). The Bertz CT molecular complexity index is 459. The maximum absolute atomic E-state index is 13.0. The molecule has 1 atom stereocenters. The summed E-state index contributed by atoms with van der Waals surface area (Å²) >= 11 is 7.50. The summed E-state index contributed by atoms with van der Waals surface area (Å²) in [6, 6.07) is 7.71. The van der Waals surface area contributed by atoms with Crippen molar-refractivity contribution in [2.45, 2.75) is 6.04 Å². The third-order valence-electron chi connectivity index (χ3n) is 2.14. The molecular formula is C11H10Cl2FNS. The van der Waals surface area contributed by atoms with Crippen molar-refractivity contribution in [2.24, 2.45) is 5.73 Å². The van der Waals surface area contributed by atoms with Crippen molar-refractivity contribution in [1.29, 1.82) is 0 Å². The fourth-order valence-electron chi connectivity index (χ4n) is 1.37. The summed E-state index contributed by atoms with van der Waals surface area (Å²) in [5, 5.41) is 2.43. The summed E-state index contributed by atoms with van der Waals surface area (Å²) in [5.41, 5.74) is 6.61. The number of nitrogens with two attached hydrogens (primary N) is 1. The van der Waals surface area contributed by atoms with Gasteiger partial charge >= 0.3 is 0 Å². The fraction of sp³-hybridized carbons (Fsp3) is 0.0909. The first kappa shape index (κ1) is 13.5. The molecule has 2 N–H and O–H groups in total. The molecule has 1 aromatic carbocycles. The van der Waals surface area contributed by atoms with E-state index in [1.807, 2.05) is 17.5 Å². The average Bonchev–Trinajstić information content (AvgIpc) is 2.74. The van der Waals surface area contributed by atoms with Crippen molar-refractivity contribution >= 4 is 35.3 Å². The van der Waals surface area contributed by atoms with Gasteiger partial charge in [-0.1, -0.05) is 17.7 Å². The third kappa shape index (κ3) is 2.74. The minimum atomic E-state index is -0.354. The van der Waals surface area contributed by atoms with Gasteiger partial charge in [0.2, 0.25) is 0 Å². The molecule has 0 radical (unpaired) electrons. The Labute approximate surface area is 108 Å². The number of hydrogen-bond acceptors (Lipinski definition) is 2. The molecule has 5 heteroatoms. The van der Waals surface area contributed by atoms with Crippen LogP contribution in [-0.4, -0.2) is 0 Å². The van der Waals surface area contributed by atoms with Gasteiger partial charge in [-0.3, -0.25) is 0 Å². The number of halogens is 3. The molecule has 2 aromatic rings. The number of benzene rings is 1. The molecular weight excluding hydrogens is 268 g/mol. The molecule has 0 amide bonds. The van der Waals surface area contributed by atoms with E-state index in [2.05, 4.69) is 0 Å². The zero-order valence-electron chi connectivity index (χ0n) is 8.19. The highest BCUT2D eigenvalue weighted by atomic mass is 35.5. The summed E-state index contributed by atoms with van der Waals surface area (Å²) in [6.07, 6.45) is 0. The quantitative estimate of drug-likeness (QED) is 0.882. The Morgan fingerprint density at radius 2 is 2.06 bits per heavy atom. The van der Waals surface area contributed by atoms with Gasteiger partial charge in [-0.05, 0) is 35.2 Å². The van der Waals surface area contributed by atoms with Crippen LogP contribution in [0.5, 0.6) is 0 Å². The molecule has 0 aliphatic heterocycles. The third-order valence-corrected chi connectivity index (χ3v) is 3.44. The monoisotopic (exact) mass is 277 g/mol. The van der Waals surface area contributed by atoms with Gasteiger partial charge in [0.25, 0.3) is 0 Å². The van der Waals surface area contributed by atoms with Crippen LogP contribution in [0.4, 0.5) is 4.39 Å². The average molecular weight is 278 g/mol. The standard InChI is InChI=1S/C11H9ClFNS.ClH/c12-9-4-3-7(13)6-8(9)11(14)10-2-1-5-15-10;/h1-6,11H,14H2;1H/t11-;/m0./s1. The van der Waals surface area contributed by atoms with Gasteiger partial charge in [0, 0.05) is 9.90 Å². The zero-order chi connectivity index (χ0) is 10.8. The molecule has 0 spiro atoms. The molecule has 0 aliphatic rings. The molecule has 0 saturated heterocycles. The van der Waals surface area contributed by atoms with Crippen molar-refractivity contribution in [3.05, 3.63) is 57.0 Å². The summed E-state index contributed by atoms with van der Waals surface area (Å²) in [4.78, 5) is 0.975. The highest BCUT2D eigenvalue weighted by Gasteiger charge is 2.13. The predicted octanol–water partition coefficient (Wildman–Crippen LogP) is 4.01. The highest BCUT2D eigenvalue weighted by Crippen LogP contribution is 2.29. The molecule has 1 aromatic heterocycles. The van der Waals surface area contributed by atoms with E-state index in [0.717, 1.165) is 4.88 Å². The van der Waals surface area contributed by atoms with Crippen molar-refractivity contribution in [1.82, 2.24) is 0 Å². The van der Waals surface area contributed by atoms with Gasteiger partial charge in [-0.15, -0.1) is 23.7 Å². The van der Waals surface area contributed by atoms with Crippen LogP contribution in [0.25, 0.3) is 0 Å². The number of rotatable bonds is 2. The molecule has 86 valence electrons. The second-order valence-electron chi connectivity index (χ2n) is 3.16. The van der Waals surface area contributed by atoms with Crippen LogP contribution < -0.4 is 5.73 Å². The van der Waals surface area contributed by atoms with E-state index in [1.54, 1.807) is 0 Å². The van der Waals surface area contributed by atoms with Crippen LogP contribution >= 0.6 is 35.3 Å². The maximum Gasteiger partial charge on any atom is 0.123 e. The van der Waals surface area contributed by atoms with Crippen LogP contribution in [0.3, 0.4) is 0 Å². The molecule has 0 saturated carbocycles. The molecule has 0 unspecified atom stereocenters. The van der Waals surface area contributed by atoms with E-state index in [9.17, 15) is 4.39 Å². The smallest absolute Gasteiger partial charge is 0.123 e. The number of thiophene rings is 1. The Morgan fingerprint density at radius 3 is 2.69 bits per heavy atom. The highest BCUT2D eigenvalue weighted by molar-refractivity contribution is 7.10. The summed E-state index contributed by atoms with van der Waals surface area (Å²) < 4.78 is 13.0. The molecule has 0 bridgehead atoms. The topological polar surface area (TPSA) is 26.0 Å². The van der Waals surface area contributed by atoms with E-state index >= 15 is 0 Å². The molecule has 1 heterocycles. The van der Waals surface area contributed by atoms with Crippen molar-refractivity contribution in [2.75, 3.05) is 0 Å². The molecule has 16 heavy (non-hydrogen) atoms. The Balaban J connectivity index is 0.00000128. The van der Waals surface area contributed by atoms with Crippen LogP contribution in [0.15, 0.2) is 35.7 Å². The summed E-state index contributed by atoms with van der Waals surface area (Å²) in [5.74, 6) is -0.318. The van der Waals surface area contributed by atoms with Crippen molar-refractivity contribution in [3.8, 4) is 0 Å². The van der Waals surface area contributed by atoms with Gasteiger partial charge in [-0.2, -0.15) is 0 Å². The Morgan fingerprint density at radius 1 is 1.31 bits per heavy atom. The summed E-state index contributed by atoms with van der Waals surface area (Å²) in [6.45, 7) is 0. The van der Waals surface area contributed by atoms with E-state index in [-0.39, 0.29) is 24.3 Å². The fourth-order valence-corrected chi connectivity index (χ4v) is 2.35.